The maximum absolute atomic E-state index is 11.2. The summed E-state index contributed by atoms with van der Waals surface area (Å²) in [5.41, 5.74) is 0.828. The molecule has 0 unspecified atom stereocenters. The van der Waals surface area contributed by atoms with Gasteiger partial charge in [-0.3, -0.25) is 9.59 Å². The van der Waals surface area contributed by atoms with Gasteiger partial charge in [-0.2, -0.15) is 0 Å². The Morgan fingerprint density at radius 2 is 1.27 bits per heavy atom. The van der Waals surface area contributed by atoms with Crippen LogP contribution in [0.25, 0.3) is 0 Å². The zero-order valence-electron chi connectivity index (χ0n) is 9.79. The minimum atomic E-state index is -0.625. The first-order valence-electron chi connectivity index (χ1n) is 4.58. The first kappa shape index (κ1) is 15.9. The van der Waals surface area contributed by atoms with Crippen molar-refractivity contribution in [1.29, 1.82) is 0 Å². The largest absolute Gasteiger partial charge is 0.304 e. The van der Waals surface area contributed by atoms with Crippen molar-refractivity contribution in [2.45, 2.75) is 27.7 Å². The van der Waals surface area contributed by atoms with Crippen LogP contribution in [-0.4, -0.2) is 17.9 Å². The van der Waals surface area contributed by atoms with Crippen molar-refractivity contribution in [3.63, 3.8) is 0 Å². The number of aldehydes is 1. The fourth-order valence-electron chi connectivity index (χ4n) is 0.858. The lowest BCUT2D eigenvalue weighted by atomic mass is 9.94. The van der Waals surface area contributed by atoms with E-state index in [1.807, 2.05) is 0 Å². The van der Waals surface area contributed by atoms with Gasteiger partial charge < -0.3 is 4.79 Å². The van der Waals surface area contributed by atoms with Crippen LogP contribution in [0.15, 0.2) is 24.3 Å². The molecule has 0 aromatic carbocycles. The molecule has 0 N–H and O–H groups in total. The third kappa shape index (κ3) is 6.55. The van der Waals surface area contributed by atoms with E-state index < -0.39 is 5.92 Å². The second-order valence-corrected chi connectivity index (χ2v) is 3.25. The van der Waals surface area contributed by atoms with Gasteiger partial charge in [0, 0.05) is 0 Å². The molecule has 0 fully saturated rings. The molecule has 84 valence electrons. The van der Waals surface area contributed by atoms with Crippen LogP contribution in [0.5, 0.6) is 0 Å². The summed E-state index contributed by atoms with van der Waals surface area (Å²) in [7, 11) is 0. The van der Waals surface area contributed by atoms with Crippen LogP contribution in [0, 0.1) is 5.92 Å². The van der Waals surface area contributed by atoms with E-state index in [9.17, 15) is 9.59 Å². The average Bonchev–Trinajstić information content (AvgIpc) is 2.15. The van der Waals surface area contributed by atoms with E-state index in [4.69, 9.17) is 4.79 Å². The molecule has 0 saturated heterocycles. The normalized spacial score (nSPS) is 8.60. The summed E-state index contributed by atoms with van der Waals surface area (Å²) in [4.78, 5) is 31.3. The quantitative estimate of drug-likeness (QED) is 0.405. The number of hydrogen-bond donors (Lipinski definition) is 0. The Kier molecular flexibility index (Phi) is 8.35. The number of hydrogen-bond acceptors (Lipinski definition) is 3. The minimum Gasteiger partial charge on any atom is -0.304 e. The lowest BCUT2D eigenvalue weighted by Gasteiger charge is -2.07. The molecule has 0 rings (SSSR count). The topological polar surface area (TPSA) is 51.2 Å². The summed E-state index contributed by atoms with van der Waals surface area (Å²) in [5.74, 6) is -1.04. The molecular formula is C12H18O3. The first-order chi connectivity index (χ1) is 6.79. The van der Waals surface area contributed by atoms with Crippen LogP contribution >= 0.6 is 0 Å². The Hall–Kier alpha value is -1.51. The number of ketones is 2. The molecule has 0 aliphatic carbocycles. The van der Waals surface area contributed by atoms with Gasteiger partial charge in [0.05, 0.1) is 5.92 Å². The molecule has 0 aromatic heterocycles. The van der Waals surface area contributed by atoms with Gasteiger partial charge in [-0.15, -0.1) is 0 Å². The zero-order chi connectivity index (χ0) is 12.6. The second kappa shape index (κ2) is 7.85. The van der Waals surface area contributed by atoms with E-state index in [2.05, 4.69) is 13.2 Å². The molecule has 0 saturated carbocycles. The Bertz CT molecular complexity index is 261. The van der Waals surface area contributed by atoms with E-state index in [0.29, 0.717) is 11.1 Å². The van der Waals surface area contributed by atoms with Crippen LogP contribution < -0.4 is 0 Å². The van der Waals surface area contributed by atoms with Crippen LogP contribution in [0.4, 0.5) is 0 Å². The Balaban J connectivity index is 0. The highest BCUT2D eigenvalue weighted by Crippen LogP contribution is 2.09. The van der Waals surface area contributed by atoms with E-state index in [0.717, 1.165) is 6.29 Å². The number of carbonyl (C=O) groups is 3. The highest BCUT2D eigenvalue weighted by Gasteiger charge is 2.21. The number of Topliss-reactive ketones (excluding diaryl/α,β-unsaturated/α-hetero) is 2. The van der Waals surface area contributed by atoms with Gasteiger partial charge in [0.1, 0.15) is 6.29 Å². The molecule has 0 spiro atoms. The molecule has 0 aromatic rings. The highest BCUT2D eigenvalue weighted by atomic mass is 16.2. The van der Waals surface area contributed by atoms with Crippen molar-refractivity contribution in [2.75, 3.05) is 0 Å². The predicted molar refractivity (Wildman–Crippen MR) is 60.5 cm³/mol. The molecule has 0 amide bonds. The molecule has 0 bridgehead atoms. The summed E-state index contributed by atoms with van der Waals surface area (Å²) in [5, 5.41) is 0. The van der Waals surface area contributed by atoms with Gasteiger partial charge in [0.15, 0.2) is 11.6 Å². The Labute approximate surface area is 90.9 Å². The molecular weight excluding hydrogens is 192 g/mol. The van der Waals surface area contributed by atoms with Crippen molar-refractivity contribution in [3.8, 4) is 0 Å². The average molecular weight is 210 g/mol. The smallest absolute Gasteiger partial charge is 0.168 e. The monoisotopic (exact) mass is 210 g/mol. The summed E-state index contributed by atoms with van der Waals surface area (Å²) in [6, 6.07) is 0. The molecule has 0 aliphatic heterocycles. The van der Waals surface area contributed by atoms with Crippen LogP contribution in [0.1, 0.15) is 27.7 Å². The van der Waals surface area contributed by atoms with Crippen LogP contribution in [0.3, 0.4) is 0 Å². The summed E-state index contributed by atoms with van der Waals surface area (Å²) >= 11 is 0. The maximum atomic E-state index is 11.2. The Morgan fingerprint density at radius 3 is 1.40 bits per heavy atom. The van der Waals surface area contributed by atoms with E-state index in [1.165, 1.54) is 6.92 Å². The maximum Gasteiger partial charge on any atom is 0.168 e. The van der Waals surface area contributed by atoms with Crippen molar-refractivity contribution < 1.29 is 14.4 Å². The van der Waals surface area contributed by atoms with Crippen molar-refractivity contribution in [1.82, 2.24) is 0 Å². The van der Waals surface area contributed by atoms with Gasteiger partial charge in [0.25, 0.3) is 0 Å². The first-order valence-corrected chi connectivity index (χ1v) is 4.58. The molecule has 0 aliphatic rings. The lowest BCUT2D eigenvalue weighted by Crippen LogP contribution is -2.21. The van der Waals surface area contributed by atoms with Gasteiger partial charge in [0.2, 0.25) is 0 Å². The van der Waals surface area contributed by atoms with Crippen LogP contribution in [-0.2, 0) is 14.4 Å². The third-order valence-corrected chi connectivity index (χ3v) is 1.63. The highest BCUT2D eigenvalue weighted by molar-refractivity contribution is 6.14. The molecule has 3 heteroatoms. The molecule has 0 heterocycles. The van der Waals surface area contributed by atoms with E-state index >= 15 is 0 Å². The minimum absolute atomic E-state index is 0.206. The van der Waals surface area contributed by atoms with Crippen molar-refractivity contribution in [3.05, 3.63) is 24.3 Å². The SMILES string of the molecule is C=C(C)C(=O)C(C)C(=O)C(=C)C.CC=O. The van der Waals surface area contributed by atoms with Crippen molar-refractivity contribution >= 4 is 17.9 Å². The summed E-state index contributed by atoms with van der Waals surface area (Å²) in [6.07, 6.45) is 0.750. The predicted octanol–water partition coefficient (Wildman–Crippen LogP) is 2.12. The van der Waals surface area contributed by atoms with E-state index in [-0.39, 0.29) is 11.6 Å². The van der Waals surface area contributed by atoms with Gasteiger partial charge in [-0.05, 0) is 38.8 Å². The van der Waals surface area contributed by atoms with Gasteiger partial charge in [-0.1, -0.05) is 13.2 Å². The number of rotatable bonds is 4. The summed E-state index contributed by atoms with van der Waals surface area (Å²) < 4.78 is 0. The Morgan fingerprint density at radius 1 is 1.07 bits per heavy atom. The van der Waals surface area contributed by atoms with Crippen LogP contribution in [0.2, 0.25) is 0 Å². The molecule has 15 heavy (non-hydrogen) atoms. The van der Waals surface area contributed by atoms with Gasteiger partial charge >= 0.3 is 0 Å². The molecule has 3 nitrogen and oxygen atoms in total. The number of carbonyl (C=O) groups excluding carboxylic acids is 3. The number of allylic oxidation sites excluding steroid dienone is 2. The fraction of sp³-hybridized carbons (Fsp3) is 0.417. The zero-order valence-corrected chi connectivity index (χ0v) is 9.79. The van der Waals surface area contributed by atoms with E-state index in [1.54, 1.807) is 20.8 Å². The van der Waals surface area contributed by atoms with Crippen molar-refractivity contribution in [2.24, 2.45) is 5.92 Å². The summed E-state index contributed by atoms with van der Waals surface area (Å²) in [6.45, 7) is 13.2. The third-order valence-electron chi connectivity index (χ3n) is 1.63. The lowest BCUT2D eigenvalue weighted by molar-refractivity contribution is -0.127. The van der Waals surface area contributed by atoms with Gasteiger partial charge in [-0.25, -0.2) is 0 Å². The second-order valence-electron chi connectivity index (χ2n) is 3.25. The standard InChI is InChI=1S/C10H14O2.C2H4O/c1-6(2)9(11)8(5)10(12)7(3)4;1-2-3/h8H,1,3H2,2,4-5H3;2H,1H3. The molecule has 0 atom stereocenters. The fourth-order valence-corrected chi connectivity index (χ4v) is 0.858. The molecule has 0 radical (unpaired) electrons.